The summed E-state index contributed by atoms with van der Waals surface area (Å²) in [6, 6.07) is 7.04. The molecule has 0 spiro atoms. The van der Waals surface area contributed by atoms with Crippen LogP contribution in [0.2, 0.25) is 0 Å². The molecular weight excluding hydrogens is 382 g/mol. The molecule has 0 aromatic heterocycles. The smallest absolute Gasteiger partial charge is 0.251 e. The highest BCUT2D eigenvalue weighted by molar-refractivity contribution is 6.05. The summed E-state index contributed by atoms with van der Waals surface area (Å²) in [4.78, 5) is 50.8. The third-order valence-electron chi connectivity index (χ3n) is 6.62. The summed E-state index contributed by atoms with van der Waals surface area (Å²) in [5.74, 6) is -0.944. The Morgan fingerprint density at radius 2 is 1.43 bits per heavy atom. The number of fused-ring (bicyclic) bond motifs is 1. The molecule has 4 amide bonds. The van der Waals surface area contributed by atoms with Gasteiger partial charge >= 0.3 is 0 Å². The molecule has 3 aliphatic rings. The van der Waals surface area contributed by atoms with Gasteiger partial charge in [0, 0.05) is 30.3 Å². The van der Waals surface area contributed by atoms with Crippen molar-refractivity contribution in [1.82, 2.24) is 10.2 Å². The first kappa shape index (κ1) is 20.6. The number of nitrogens with one attached hydrogen (secondary N) is 2. The molecule has 2 aliphatic carbocycles. The second-order valence-electron chi connectivity index (χ2n) is 8.66. The first-order valence-corrected chi connectivity index (χ1v) is 11.1. The highest BCUT2D eigenvalue weighted by atomic mass is 16.2. The van der Waals surface area contributed by atoms with Gasteiger partial charge in [-0.15, -0.1) is 0 Å². The van der Waals surface area contributed by atoms with E-state index in [0.717, 1.165) is 51.4 Å². The van der Waals surface area contributed by atoms with Gasteiger partial charge in [0.1, 0.15) is 0 Å². The first-order valence-electron chi connectivity index (χ1n) is 11.1. The van der Waals surface area contributed by atoms with E-state index < -0.39 is 0 Å². The highest BCUT2D eigenvalue weighted by Gasteiger charge is 2.47. The van der Waals surface area contributed by atoms with Crippen LogP contribution in [0.1, 0.15) is 68.1 Å². The van der Waals surface area contributed by atoms with Crippen LogP contribution in [0.15, 0.2) is 24.3 Å². The van der Waals surface area contributed by atoms with Gasteiger partial charge in [0.05, 0.1) is 11.8 Å². The lowest BCUT2D eigenvalue weighted by molar-refractivity contribution is -0.140. The number of likely N-dealkylation sites (tertiary alicyclic amines) is 1. The molecule has 1 saturated heterocycles. The highest BCUT2D eigenvalue weighted by Crippen LogP contribution is 2.38. The Bertz CT molecular complexity index is 805. The summed E-state index contributed by atoms with van der Waals surface area (Å²) in [5, 5.41) is 5.82. The lowest BCUT2D eigenvalue weighted by atomic mass is 9.81. The van der Waals surface area contributed by atoms with Crippen molar-refractivity contribution < 1.29 is 19.2 Å². The summed E-state index contributed by atoms with van der Waals surface area (Å²) in [6.07, 6.45) is 7.98. The van der Waals surface area contributed by atoms with Crippen molar-refractivity contribution in [3.8, 4) is 0 Å². The molecule has 1 aliphatic heterocycles. The molecule has 2 N–H and O–H groups in total. The zero-order valence-corrected chi connectivity index (χ0v) is 17.2. The van der Waals surface area contributed by atoms with Gasteiger partial charge in [-0.05, 0) is 49.9 Å². The number of imide groups is 1. The Kier molecular flexibility index (Phi) is 6.16. The fourth-order valence-corrected chi connectivity index (χ4v) is 4.93. The Hall–Kier alpha value is -2.70. The predicted octanol–water partition coefficient (Wildman–Crippen LogP) is 2.86. The molecule has 0 radical (unpaired) electrons. The van der Waals surface area contributed by atoms with Crippen LogP contribution in [0.5, 0.6) is 0 Å². The standard InChI is InChI=1S/C23H29N3O4/c27-20(13-14-26-22(29)18-7-3-4-8-19(18)23(26)30)24-17-11-9-15(10-12-17)21(28)25-16-5-1-2-6-16/h9-12,16,18-19H,1-8,13-14H2,(H,24,27)(H,25,28). The summed E-state index contributed by atoms with van der Waals surface area (Å²) < 4.78 is 0. The monoisotopic (exact) mass is 411 g/mol. The molecule has 30 heavy (non-hydrogen) atoms. The van der Waals surface area contributed by atoms with E-state index in [1.165, 1.54) is 4.90 Å². The molecule has 160 valence electrons. The molecule has 1 aromatic carbocycles. The van der Waals surface area contributed by atoms with E-state index in [4.69, 9.17) is 0 Å². The van der Waals surface area contributed by atoms with E-state index in [1.54, 1.807) is 24.3 Å². The molecular formula is C23H29N3O4. The number of benzene rings is 1. The molecule has 7 nitrogen and oxygen atoms in total. The molecule has 2 saturated carbocycles. The number of hydrogen-bond donors (Lipinski definition) is 2. The van der Waals surface area contributed by atoms with Crippen molar-refractivity contribution in [2.75, 3.05) is 11.9 Å². The Morgan fingerprint density at radius 3 is 2.03 bits per heavy atom. The van der Waals surface area contributed by atoms with Crippen LogP contribution in [0.3, 0.4) is 0 Å². The van der Waals surface area contributed by atoms with E-state index in [9.17, 15) is 19.2 Å². The lowest BCUT2D eigenvalue weighted by Crippen LogP contribution is -2.34. The van der Waals surface area contributed by atoms with Crippen molar-refractivity contribution in [3.05, 3.63) is 29.8 Å². The molecule has 4 rings (SSSR count). The second-order valence-corrected chi connectivity index (χ2v) is 8.66. The van der Waals surface area contributed by atoms with Gasteiger partial charge in [-0.3, -0.25) is 24.1 Å². The minimum absolute atomic E-state index is 0.0703. The summed E-state index contributed by atoms with van der Waals surface area (Å²) in [7, 11) is 0. The third-order valence-corrected chi connectivity index (χ3v) is 6.62. The lowest BCUT2D eigenvalue weighted by Gasteiger charge is -2.19. The van der Waals surface area contributed by atoms with E-state index in [2.05, 4.69) is 10.6 Å². The van der Waals surface area contributed by atoms with E-state index in [-0.39, 0.29) is 54.5 Å². The number of hydrogen-bond acceptors (Lipinski definition) is 4. The van der Waals surface area contributed by atoms with Crippen LogP contribution in [0.4, 0.5) is 5.69 Å². The summed E-state index contributed by atoms with van der Waals surface area (Å²) in [5.41, 5.74) is 1.15. The minimum Gasteiger partial charge on any atom is -0.349 e. The fraction of sp³-hybridized carbons (Fsp3) is 0.565. The van der Waals surface area contributed by atoms with Crippen molar-refractivity contribution in [3.63, 3.8) is 0 Å². The fourth-order valence-electron chi connectivity index (χ4n) is 4.93. The molecule has 1 heterocycles. The van der Waals surface area contributed by atoms with Crippen LogP contribution in [-0.2, 0) is 14.4 Å². The summed E-state index contributed by atoms with van der Waals surface area (Å²) >= 11 is 0. The average Bonchev–Trinajstić information content (AvgIpc) is 3.34. The van der Waals surface area contributed by atoms with Crippen LogP contribution < -0.4 is 10.6 Å². The van der Waals surface area contributed by atoms with Gasteiger partial charge in [-0.25, -0.2) is 0 Å². The molecule has 1 aromatic rings. The minimum atomic E-state index is -0.256. The zero-order valence-electron chi connectivity index (χ0n) is 17.2. The van der Waals surface area contributed by atoms with E-state index >= 15 is 0 Å². The van der Waals surface area contributed by atoms with Crippen molar-refractivity contribution in [2.45, 2.75) is 63.8 Å². The van der Waals surface area contributed by atoms with Crippen LogP contribution >= 0.6 is 0 Å². The van der Waals surface area contributed by atoms with Gasteiger partial charge in [-0.2, -0.15) is 0 Å². The van der Waals surface area contributed by atoms with Gasteiger partial charge in [-0.1, -0.05) is 25.7 Å². The maximum absolute atomic E-state index is 12.5. The van der Waals surface area contributed by atoms with Gasteiger partial charge in [0.15, 0.2) is 0 Å². The Labute approximate surface area is 176 Å². The average molecular weight is 412 g/mol. The maximum atomic E-state index is 12.5. The van der Waals surface area contributed by atoms with Crippen LogP contribution in [0.25, 0.3) is 0 Å². The zero-order chi connectivity index (χ0) is 21.1. The van der Waals surface area contributed by atoms with Gasteiger partial charge in [0.25, 0.3) is 5.91 Å². The van der Waals surface area contributed by atoms with E-state index in [1.807, 2.05) is 0 Å². The predicted molar refractivity (Wildman–Crippen MR) is 112 cm³/mol. The van der Waals surface area contributed by atoms with Crippen LogP contribution in [-0.4, -0.2) is 41.1 Å². The molecule has 2 unspecified atom stereocenters. The Morgan fingerprint density at radius 1 is 0.867 bits per heavy atom. The topological polar surface area (TPSA) is 95.6 Å². The normalized spacial score (nSPS) is 24.1. The number of nitrogens with zero attached hydrogens (tertiary/aromatic N) is 1. The van der Waals surface area contributed by atoms with Crippen molar-refractivity contribution >= 4 is 29.3 Å². The third kappa shape index (κ3) is 4.40. The number of carbonyl (C=O) groups excluding carboxylic acids is 4. The quantitative estimate of drug-likeness (QED) is 0.704. The van der Waals surface area contributed by atoms with Gasteiger partial charge in [0.2, 0.25) is 17.7 Å². The first-order chi connectivity index (χ1) is 14.5. The number of rotatable bonds is 6. The molecule has 7 heteroatoms. The van der Waals surface area contributed by atoms with Gasteiger partial charge < -0.3 is 10.6 Å². The number of amides is 4. The van der Waals surface area contributed by atoms with Crippen LogP contribution in [0, 0.1) is 11.8 Å². The second kappa shape index (κ2) is 8.98. The summed E-state index contributed by atoms with van der Waals surface area (Å²) in [6.45, 7) is 0.123. The number of anilines is 1. The molecule has 2 atom stereocenters. The number of carbonyl (C=O) groups is 4. The molecule has 0 bridgehead atoms. The maximum Gasteiger partial charge on any atom is 0.251 e. The molecule has 3 fully saturated rings. The Balaban J connectivity index is 1.26. The largest absolute Gasteiger partial charge is 0.349 e. The van der Waals surface area contributed by atoms with Crippen molar-refractivity contribution in [2.24, 2.45) is 11.8 Å². The van der Waals surface area contributed by atoms with E-state index in [0.29, 0.717) is 11.3 Å². The SMILES string of the molecule is O=C(CCN1C(=O)C2CCCCC2C1=O)Nc1ccc(C(=O)NC2CCCC2)cc1. The van der Waals surface area contributed by atoms with Crippen molar-refractivity contribution in [1.29, 1.82) is 0 Å².